The molecule has 3 amide bonds. The highest BCUT2D eigenvalue weighted by molar-refractivity contribution is 6.23. The number of carbonyl (C=O) groups excluding carboxylic acids is 3. The summed E-state index contributed by atoms with van der Waals surface area (Å²) >= 11 is 0. The average Bonchev–Trinajstić information content (AvgIpc) is 3.64. The number of benzene rings is 2. The molecule has 3 fully saturated rings. The summed E-state index contributed by atoms with van der Waals surface area (Å²) in [4.78, 5) is 55.3. The number of hydrogen-bond acceptors (Lipinski definition) is 10. The van der Waals surface area contributed by atoms with Gasteiger partial charge in [0, 0.05) is 85.2 Å². The molecule has 0 radical (unpaired) electrons. The predicted molar refractivity (Wildman–Crippen MR) is 219 cm³/mol. The maximum atomic E-state index is 13.2. The van der Waals surface area contributed by atoms with Gasteiger partial charge in [0.1, 0.15) is 41.5 Å². The Hall–Kier alpha value is -7.04. The molecule has 10 rings (SSSR count). The maximum absolute atomic E-state index is 13.2. The normalized spacial score (nSPS) is 20.4. The van der Waals surface area contributed by atoms with Crippen LogP contribution in [0.2, 0.25) is 0 Å². The Labute approximate surface area is 339 Å². The molecule has 0 bridgehead atoms. The molecule has 2 saturated heterocycles. The molecular weight excluding hydrogens is 747 g/mol. The van der Waals surface area contributed by atoms with Gasteiger partial charge in [0.2, 0.25) is 11.8 Å². The Bertz CT molecular complexity index is 2740. The van der Waals surface area contributed by atoms with E-state index >= 15 is 0 Å². The number of amides is 3. The van der Waals surface area contributed by atoms with Crippen molar-refractivity contribution in [1.82, 2.24) is 34.6 Å². The van der Waals surface area contributed by atoms with E-state index in [0.29, 0.717) is 61.2 Å². The van der Waals surface area contributed by atoms with Crippen LogP contribution in [0.4, 0.5) is 0 Å². The van der Waals surface area contributed by atoms with E-state index in [0.717, 1.165) is 45.3 Å². The van der Waals surface area contributed by atoms with Crippen molar-refractivity contribution in [3.05, 3.63) is 121 Å². The van der Waals surface area contributed by atoms with Crippen LogP contribution in [0.15, 0.2) is 104 Å². The molecule has 1 N–H and O–H groups in total. The topological polar surface area (TPSA) is 141 Å². The van der Waals surface area contributed by atoms with Crippen molar-refractivity contribution in [3.63, 3.8) is 0 Å². The smallest absolute Gasteiger partial charge is 0.262 e. The maximum Gasteiger partial charge on any atom is 0.262 e. The molecule has 1 saturated carbocycles. The zero-order valence-corrected chi connectivity index (χ0v) is 32.3. The van der Waals surface area contributed by atoms with Gasteiger partial charge in [-0.2, -0.15) is 0 Å². The third kappa shape index (κ3) is 6.91. The Morgan fingerprint density at radius 2 is 1.58 bits per heavy atom. The lowest BCUT2D eigenvalue weighted by atomic mass is 9.92. The van der Waals surface area contributed by atoms with Gasteiger partial charge < -0.3 is 24.1 Å². The zero-order valence-electron chi connectivity index (χ0n) is 32.3. The molecule has 294 valence electrons. The van der Waals surface area contributed by atoms with E-state index in [-0.39, 0.29) is 35.3 Å². The first-order chi connectivity index (χ1) is 28.7. The number of hydrogen-bond donors (Lipinski definition) is 1. The molecule has 59 heavy (non-hydrogen) atoms. The molecule has 4 aliphatic rings. The first kappa shape index (κ1) is 36.3. The summed E-state index contributed by atoms with van der Waals surface area (Å²) in [6.07, 6.45) is 9.71. The van der Waals surface area contributed by atoms with Crippen LogP contribution in [0.5, 0.6) is 17.4 Å². The Kier molecular flexibility index (Phi) is 9.06. The number of likely N-dealkylation sites (tertiary alicyclic amines) is 1. The van der Waals surface area contributed by atoms with Crippen molar-refractivity contribution in [2.45, 2.75) is 50.0 Å². The minimum Gasteiger partial charge on any atom is -0.489 e. The summed E-state index contributed by atoms with van der Waals surface area (Å²) in [6.45, 7) is 5.67. The number of carbonyl (C=O) groups is 3. The van der Waals surface area contributed by atoms with Gasteiger partial charge in [0.25, 0.3) is 11.8 Å². The number of pyridine rings is 3. The molecule has 4 aromatic heterocycles. The molecule has 7 heterocycles. The summed E-state index contributed by atoms with van der Waals surface area (Å²) in [6, 6.07) is 20.3. The van der Waals surface area contributed by atoms with Crippen LogP contribution in [0.3, 0.4) is 0 Å². The van der Waals surface area contributed by atoms with Gasteiger partial charge in [0.05, 0.1) is 29.4 Å². The minimum atomic E-state index is -0.847. The van der Waals surface area contributed by atoms with Crippen molar-refractivity contribution >= 4 is 39.5 Å². The van der Waals surface area contributed by atoms with Crippen LogP contribution < -0.4 is 19.5 Å². The number of ether oxygens (including phenoxy) is 3. The van der Waals surface area contributed by atoms with Gasteiger partial charge >= 0.3 is 0 Å². The third-order valence-corrected chi connectivity index (χ3v) is 11.5. The van der Waals surface area contributed by atoms with Gasteiger partial charge in [0.15, 0.2) is 0 Å². The lowest BCUT2D eigenvalue weighted by Gasteiger charge is -2.37. The number of aromatic nitrogens is 4. The highest BCUT2D eigenvalue weighted by Crippen LogP contribution is 2.34. The molecule has 2 aromatic carbocycles. The number of rotatable bonds is 9. The average molecular weight is 786 g/mol. The lowest BCUT2D eigenvalue weighted by Crippen LogP contribution is -2.53. The molecule has 13 heteroatoms. The first-order valence-electron chi connectivity index (χ1n) is 19.7. The number of nitrogens with zero attached hydrogens (tertiary/aromatic N) is 6. The summed E-state index contributed by atoms with van der Waals surface area (Å²) in [5.74, 6) is 6.76. The van der Waals surface area contributed by atoms with Crippen LogP contribution in [0, 0.1) is 11.8 Å². The van der Waals surface area contributed by atoms with Crippen molar-refractivity contribution in [2.75, 3.05) is 19.6 Å². The minimum absolute atomic E-state index is 0.0386. The number of fused-ring (bicyclic) bond motifs is 4. The number of nitrogens with one attached hydrogen (secondary N) is 1. The van der Waals surface area contributed by atoms with Crippen LogP contribution in [-0.4, -0.2) is 91.0 Å². The summed E-state index contributed by atoms with van der Waals surface area (Å²) in [5.41, 5.74) is 6.21. The van der Waals surface area contributed by atoms with E-state index in [1.54, 1.807) is 24.4 Å². The second-order valence-electron chi connectivity index (χ2n) is 15.5. The lowest BCUT2D eigenvalue weighted by molar-refractivity contribution is -0.125. The largest absolute Gasteiger partial charge is 0.489 e. The van der Waals surface area contributed by atoms with Gasteiger partial charge in [-0.1, -0.05) is 24.6 Å². The fourth-order valence-electron chi connectivity index (χ4n) is 8.21. The Morgan fingerprint density at radius 1 is 0.780 bits per heavy atom. The zero-order chi connectivity index (χ0) is 40.2. The molecular formula is C46H39N7O6. The predicted octanol–water partition coefficient (Wildman–Crippen LogP) is 5.68. The van der Waals surface area contributed by atoms with Crippen molar-refractivity contribution in [1.29, 1.82) is 0 Å². The number of imide groups is 1. The van der Waals surface area contributed by atoms with E-state index in [9.17, 15) is 14.4 Å². The molecule has 13 nitrogen and oxygen atoms in total. The Morgan fingerprint density at radius 3 is 2.37 bits per heavy atom. The summed E-state index contributed by atoms with van der Waals surface area (Å²) in [7, 11) is 2.08. The molecule has 1 aliphatic carbocycles. The second kappa shape index (κ2) is 14.7. The number of allylic oxidation sites excluding steroid dienone is 1. The van der Waals surface area contributed by atoms with Crippen LogP contribution >= 0.6 is 0 Å². The number of aryl methyl sites for hydroxylation is 1. The van der Waals surface area contributed by atoms with Crippen LogP contribution in [-0.2, 0) is 11.8 Å². The number of piperidine rings is 1. The van der Waals surface area contributed by atoms with Crippen molar-refractivity contribution < 1.29 is 28.6 Å². The highest BCUT2D eigenvalue weighted by Gasteiger charge is 2.44. The van der Waals surface area contributed by atoms with Gasteiger partial charge in [-0.05, 0) is 72.9 Å². The van der Waals surface area contributed by atoms with Crippen LogP contribution in [0.1, 0.15) is 52.1 Å². The van der Waals surface area contributed by atoms with E-state index in [2.05, 4.69) is 73.4 Å². The van der Waals surface area contributed by atoms with Gasteiger partial charge in [-0.25, -0.2) is 9.97 Å². The van der Waals surface area contributed by atoms with E-state index < -0.39 is 17.9 Å². The van der Waals surface area contributed by atoms with Crippen LogP contribution in [0.25, 0.3) is 32.9 Å². The van der Waals surface area contributed by atoms with E-state index in [1.807, 2.05) is 48.9 Å². The van der Waals surface area contributed by atoms with Gasteiger partial charge in [-0.3, -0.25) is 29.2 Å². The standard InChI is InChI=1S/C46H39N7O6/c1-27-5-13-41(44(54)50-27)53-45(55)37-12-10-31(21-38(37)46(53)56)57-35-25-52(26-35)17-3-4-30-8-9-32(23-48-30)58-33-19-34(20-33)59-43-14-7-29(22-49-43)28-6-11-36-39-24-47-16-15-40(39)51(2)42(36)18-28/h6-12,14-16,18,21-24,33-35,41H,1,5,13,17,19-20,25-26H2,2H3,(H,50,54). The van der Waals surface area contributed by atoms with Crippen molar-refractivity contribution in [3.8, 4) is 40.3 Å². The first-order valence-corrected chi connectivity index (χ1v) is 19.7. The summed E-state index contributed by atoms with van der Waals surface area (Å²) < 4.78 is 20.6. The molecule has 1 unspecified atom stereocenters. The summed E-state index contributed by atoms with van der Waals surface area (Å²) in [5, 5.41) is 4.98. The fourth-order valence-corrected chi connectivity index (χ4v) is 8.21. The third-order valence-electron chi connectivity index (χ3n) is 11.5. The molecule has 1 atom stereocenters. The van der Waals surface area contributed by atoms with E-state index in [1.165, 1.54) is 5.39 Å². The molecule has 0 spiro atoms. The second-order valence-corrected chi connectivity index (χ2v) is 15.5. The monoisotopic (exact) mass is 785 g/mol. The van der Waals surface area contributed by atoms with E-state index in [4.69, 9.17) is 14.2 Å². The SMILES string of the molecule is C=C1CCC(N2C(=O)c3ccc(OC4CN(CC#Cc5ccc(OC6CC(Oc7ccc(-c8ccc9c%10cnccc%10n(C)c9c8)cn7)C6)cn5)C4)cc3C2=O)C(=O)N1. The highest BCUT2D eigenvalue weighted by atomic mass is 16.5. The molecule has 3 aliphatic heterocycles. The Balaban J connectivity index is 0.654. The van der Waals surface area contributed by atoms with Crippen molar-refractivity contribution in [2.24, 2.45) is 7.05 Å². The quantitative estimate of drug-likeness (QED) is 0.144. The molecule has 6 aromatic rings. The van der Waals surface area contributed by atoms with Gasteiger partial charge in [-0.15, -0.1) is 0 Å². The fraction of sp³-hybridized carbons (Fsp3) is 0.261.